The van der Waals surface area contributed by atoms with Gasteiger partial charge in [-0.3, -0.25) is 4.79 Å². The summed E-state index contributed by atoms with van der Waals surface area (Å²) >= 11 is 0. The first-order valence-corrected chi connectivity index (χ1v) is 11.5. The number of ether oxygens (including phenoxy) is 3. The monoisotopic (exact) mass is 488 g/mol. The Morgan fingerprint density at radius 1 is 1.31 bits per heavy atom. The number of rotatable bonds is 6. The first-order valence-electron chi connectivity index (χ1n) is 11.5. The highest BCUT2D eigenvalue weighted by atomic mass is 16.6. The number of piperidine rings is 1. The lowest BCUT2D eigenvalue weighted by Crippen LogP contribution is -2.74. The molecule has 0 radical (unpaired) electrons. The number of hydrogen-bond donors (Lipinski definition) is 4. The minimum Gasteiger partial charge on any atom is -0.493 e. The molecule has 0 aromatic heterocycles. The fourth-order valence-electron chi connectivity index (χ4n) is 6.25. The van der Waals surface area contributed by atoms with Crippen molar-refractivity contribution in [1.82, 2.24) is 10.2 Å². The number of esters is 1. The van der Waals surface area contributed by atoms with Crippen LogP contribution in [0.25, 0.3) is 0 Å². The van der Waals surface area contributed by atoms with Crippen molar-refractivity contribution in [2.75, 3.05) is 20.7 Å². The fraction of sp³-hybridized carbons (Fsp3) is 0.542. The molecule has 188 valence electrons. The van der Waals surface area contributed by atoms with Gasteiger partial charge >= 0.3 is 11.9 Å². The average molecular weight is 488 g/mol. The molecule has 4 N–H and O–H groups in total. The zero-order chi connectivity index (χ0) is 25.3. The van der Waals surface area contributed by atoms with Gasteiger partial charge in [-0.05, 0) is 51.1 Å². The number of aliphatic carboxylic acids is 1. The molecule has 5 rings (SSSR count). The van der Waals surface area contributed by atoms with Crippen LogP contribution in [0.4, 0.5) is 0 Å². The van der Waals surface area contributed by atoms with Gasteiger partial charge in [0.25, 0.3) is 0 Å². The molecule has 1 amide bonds. The normalized spacial score (nSPS) is 31.9. The first-order chi connectivity index (χ1) is 16.5. The molecular formula is C24H28N2O9. The number of carboxylic acids is 1. The van der Waals surface area contributed by atoms with Crippen molar-refractivity contribution in [1.29, 1.82) is 0 Å². The summed E-state index contributed by atoms with van der Waals surface area (Å²) in [6.45, 7) is 1.82. The number of aliphatic hydroxyl groups is 2. The molecule has 0 saturated carbocycles. The third kappa shape index (κ3) is 3.11. The minimum atomic E-state index is -2.03. The van der Waals surface area contributed by atoms with Gasteiger partial charge in [0.2, 0.25) is 11.9 Å². The average Bonchev–Trinajstić information content (AvgIpc) is 3.16. The largest absolute Gasteiger partial charge is 0.493 e. The van der Waals surface area contributed by atoms with Gasteiger partial charge in [0.15, 0.2) is 17.6 Å². The van der Waals surface area contributed by atoms with E-state index in [4.69, 9.17) is 14.2 Å². The van der Waals surface area contributed by atoms with Gasteiger partial charge in [-0.2, -0.15) is 0 Å². The summed E-state index contributed by atoms with van der Waals surface area (Å²) in [5.41, 5.74) is -0.275. The number of amides is 1. The molecule has 2 aliphatic heterocycles. The topological polar surface area (TPSA) is 155 Å². The molecule has 6 atom stereocenters. The lowest BCUT2D eigenvalue weighted by atomic mass is 9.50. The molecule has 11 heteroatoms. The summed E-state index contributed by atoms with van der Waals surface area (Å²) < 4.78 is 17.4. The van der Waals surface area contributed by atoms with Crippen LogP contribution in [-0.4, -0.2) is 88.7 Å². The smallest absolute Gasteiger partial charge is 0.345 e. The number of carboxylic acid groups (broad SMARTS) is 1. The highest BCUT2D eigenvalue weighted by Crippen LogP contribution is 2.65. The van der Waals surface area contributed by atoms with Crippen molar-refractivity contribution in [3.63, 3.8) is 0 Å². The summed E-state index contributed by atoms with van der Waals surface area (Å²) in [6, 6.07) is 1.55. The predicted molar refractivity (Wildman–Crippen MR) is 119 cm³/mol. The maximum atomic E-state index is 12.9. The van der Waals surface area contributed by atoms with E-state index >= 15 is 0 Å². The van der Waals surface area contributed by atoms with Crippen molar-refractivity contribution in [2.45, 2.75) is 61.5 Å². The zero-order valence-electron chi connectivity index (χ0n) is 19.6. The summed E-state index contributed by atoms with van der Waals surface area (Å²) in [5.74, 6) is -2.84. The van der Waals surface area contributed by atoms with E-state index in [9.17, 15) is 29.7 Å². The Kier molecular flexibility index (Phi) is 5.35. The number of benzene rings is 1. The number of carbonyl (C=O) groups is 3. The van der Waals surface area contributed by atoms with Crippen molar-refractivity contribution < 1.29 is 43.9 Å². The number of nitrogens with zero attached hydrogens (tertiary/aromatic N) is 1. The SMILES string of the molecule is COc1ccc2c3c1O[C@H]1C(OC(=O)[C@H](NC(=O)[C@H](C)O)C(=O)O)=CC[C@@]4(O)[C@@H](C2)N(C)CC[C@]314. The molecule has 35 heavy (non-hydrogen) atoms. The molecule has 1 aromatic rings. The van der Waals surface area contributed by atoms with E-state index in [1.807, 2.05) is 24.5 Å². The number of methoxy groups -OCH3 is 1. The standard InChI is InChI=1S/C24H28N2O9/c1-11(27)20(28)25-17(21(29)30)22(31)34-14-6-7-24(32)15-10-12-4-5-13(33-3)18-16(12)23(24,19(14)35-18)8-9-26(15)2/h4-6,11,15,17,19,27,32H,7-10H2,1-3H3,(H,25,28)(H,29,30)/t11-,15+,17+,19-,23-,24+/m0/s1. The molecule has 1 aromatic carbocycles. The van der Waals surface area contributed by atoms with Crippen LogP contribution in [0.5, 0.6) is 11.5 Å². The van der Waals surface area contributed by atoms with Crippen LogP contribution in [0.1, 0.15) is 30.9 Å². The maximum absolute atomic E-state index is 12.9. The van der Waals surface area contributed by atoms with Crippen molar-refractivity contribution >= 4 is 17.8 Å². The Hall–Kier alpha value is -3.15. The molecule has 1 spiro atoms. The Bertz CT molecular complexity index is 1150. The van der Waals surface area contributed by atoms with Crippen molar-refractivity contribution in [3.8, 4) is 11.5 Å². The van der Waals surface area contributed by atoms with Crippen LogP contribution in [0.3, 0.4) is 0 Å². The second-order valence-corrected chi connectivity index (χ2v) is 9.66. The van der Waals surface area contributed by atoms with Gasteiger partial charge in [-0.15, -0.1) is 0 Å². The van der Waals surface area contributed by atoms with Gasteiger partial charge in [-0.1, -0.05) is 6.07 Å². The number of likely N-dealkylation sites (N-methyl/N-ethyl adjacent to an activating group) is 1. The molecule has 11 nitrogen and oxygen atoms in total. The van der Waals surface area contributed by atoms with Crippen molar-refractivity contribution in [3.05, 3.63) is 35.1 Å². The van der Waals surface area contributed by atoms with Gasteiger partial charge in [0.05, 0.1) is 18.1 Å². The van der Waals surface area contributed by atoms with E-state index in [1.54, 1.807) is 6.08 Å². The second kappa shape index (κ2) is 7.94. The van der Waals surface area contributed by atoms with E-state index < -0.39 is 47.1 Å². The number of likely N-dealkylation sites (tertiary alicyclic amines) is 1. The molecule has 2 bridgehead atoms. The summed E-state index contributed by atoms with van der Waals surface area (Å²) in [6.07, 6.45) is 0.458. The number of nitrogens with one attached hydrogen (secondary N) is 1. The predicted octanol–water partition coefficient (Wildman–Crippen LogP) is -0.534. The highest BCUT2D eigenvalue weighted by molar-refractivity contribution is 6.02. The van der Waals surface area contributed by atoms with Crippen LogP contribution >= 0.6 is 0 Å². The zero-order valence-corrected chi connectivity index (χ0v) is 19.6. The van der Waals surface area contributed by atoms with Gasteiger partial charge in [0, 0.05) is 18.0 Å². The van der Waals surface area contributed by atoms with Crippen LogP contribution in [0, 0.1) is 0 Å². The Morgan fingerprint density at radius 2 is 2.06 bits per heavy atom. The lowest BCUT2D eigenvalue weighted by molar-refractivity contribution is -0.171. The van der Waals surface area contributed by atoms with E-state index in [1.165, 1.54) is 7.11 Å². The van der Waals surface area contributed by atoms with E-state index in [0.29, 0.717) is 30.9 Å². The van der Waals surface area contributed by atoms with Crippen LogP contribution in [0.15, 0.2) is 24.0 Å². The van der Waals surface area contributed by atoms with Crippen molar-refractivity contribution in [2.24, 2.45) is 0 Å². The van der Waals surface area contributed by atoms with Crippen LogP contribution in [0.2, 0.25) is 0 Å². The Labute approximate surface area is 201 Å². The van der Waals surface area contributed by atoms with Crippen LogP contribution < -0.4 is 14.8 Å². The third-order valence-electron chi connectivity index (χ3n) is 7.93. The van der Waals surface area contributed by atoms with Gasteiger partial charge in [0.1, 0.15) is 11.9 Å². The summed E-state index contributed by atoms with van der Waals surface area (Å²) in [7, 11) is 3.49. The molecule has 0 unspecified atom stereocenters. The van der Waals surface area contributed by atoms with E-state index in [2.05, 4.69) is 4.90 Å². The minimum absolute atomic E-state index is 0.0756. The quantitative estimate of drug-likeness (QED) is 0.303. The first kappa shape index (κ1) is 23.6. The molecule has 2 aliphatic carbocycles. The second-order valence-electron chi connectivity index (χ2n) is 9.66. The van der Waals surface area contributed by atoms with Crippen LogP contribution in [-0.2, 0) is 31.0 Å². The molecular weight excluding hydrogens is 460 g/mol. The highest BCUT2D eigenvalue weighted by Gasteiger charge is 2.72. The lowest BCUT2D eigenvalue weighted by Gasteiger charge is -2.61. The molecule has 2 heterocycles. The number of hydrogen-bond acceptors (Lipinski definition) is 9. The van der Waals surface area contributed by atoms with E-state index in [-0.39, 0.29) is 18.2 Å². The molecule has 1 fully saturated rings. The summed E-state index contributed by atoms with van der Waals surface area (Å²) in [4.78, 5) is 38.5. The molecule has 1 saturated heterocycles. The Balaban J connectivity index is 1.55. The maximum Gasteiger partial charge on any atom is 0.345 e. The number of carbonyl (C=O) groups excluding carboxylic acids is 2. The Morgan fingerprint density at radius 3 is 2.71 bits per heavy atom. The van der Waals surface area contributed by atoms with E-state index in [0.717, 1.165) is 18.1 Å². The van der Waals surface area contributed by atoms with Gasteiger partial charge < -0.3 is 39.7 Å². The summed E-state index contributed by atoms with van der Waals surface area (Å²) in [5, 5.41) is 33.0. The van der Waals surface area contributed by atoms with Gasteiger partial charge in [-0.25, -0.2) is 9.59 Å². The third-order valence-corrected chi connectivity index (χ3v) is 7.93. The number of aliphatic hydroxyl groups excluding tert-OH is 1. The fourth-order valence-corrected chi connectivity index (χ4v) is 6.25. The molecule has 4 aliphatic rings.